The summed E-state index contributed by atoms with van der Waals surface area (Å²) in [6, 6.07) is 0. The smallest absolute Gasteiger partial charge is 0.195 e. The molecule has 0 radical (unpaired) electrons. The minimum atomic E-state index is 0.438. The normalized spacial score (nSPS) is 54.1. The van der Waals surface area contributed by atoms with Crippen LogP contribution in [-0.4, -0.2) is 6.13 Å². The van der Waals surface area contributed by atoms with Gasteiger partial charge in [-0.15, -0.1) is 0 Å². The summed E-state index contributed by atoms with van der Waals surface area (Å²) in [5.74, 6) is 7.00. The molecule has 6 rings (SSSR count). The molecular weight excluding hydrogens is 286 g/mol. The molecule has 6 aliphatic rings. The lowest BCUT2D eigenvalue weighted by Crippen LogP contribution is -2.58. The molecule has 0 aromatic carbocycles. The van der Waals surface area contributed by atoms with Crippen molar-refractivity contribution in [3.05, 3.63) is 0 Å². The van der Waals surface area contributed by atoms with Crippen LogP contribution in [0.5, 0.6) is 0 Å². The summed E-state index contributed by atoms with van der Waals surface area (Å²) >= 11 is 7.19. The molecular formula is C20H34BCl. The zero-order valence-corrected chi connectivity index (χ0v) is 16.2. The first-order chi connectivity index (χ1) is 10.2. The number of halogens is 1. The highest BCUT2D eigenvalue weighted by atomic mass is 35.5. The molecule has 6 aliphatic carbocycles. The quantitative estimate of drug-likeness (QED) is 0.519. The van der Waals surface area contributed by atoms with Gasteiger partial charge in [-0.25, -0.2) is 0 Å². The Morgan fingerprint density at radius 1 is 0.727 bits per heavy atom. The third kappa shape index (κ3) is 1.84. The summed E-state index contributed by atoms with van der Waals surface area (Å²) in [6.45, 7) is 15.0. The van der Waals surface area contributed by atoms with Crippen LogP contribution in [0.1, 0.15) is 67.2 Å². The van der Waals surface area contributed by atoms with E-state index < -0.39 is 0 Å². The van der Waals surface area contributed by atoms with Crippen molar-refractivity contribution in [2.24, 2.45) is 46.3 Å². The van der Waals surface area contributed by atoms with Crippen LogP contribution in [0.2, 0.25) is 11.6 Å². The zero-order chi connectivity index (χ0) is 16.0. The van der Waals surface area contributed by atoms with Gasteiger partial charge in [0.25, 0.3) is 6.13 Å². The van der Waals surface area contributed by atoms with E-state index in [0.29, 0.717) is 17.0 Å². The van der Waals surface area contributed by atoms with Crippen molar-refractivity contribution >= 4 is 17.6 Å². The largest absolute Gasteiger partial charge is 0.257 e. The summed E-state index contributed by atoms with van der Waals surface area (Å²) in [4.78, 5) is 0. The van der Waals surface area contributed by atoms with Crippen molar-refractivity contribution in [2.45, 2.75) is 78.9 Å². The van der Waals surface area contributed by atoms with Gasteiger partial charge in [-0.05, 0) is 70.8 Å². The highest BCUT2D eigenvalue weighted by Crippen LogP contribution is 2.69. The summed E-state index contributed by atoms with van der Waals surface area (Å²) in [6.07, 6.45) is 6.20. The molecule has 0 aromatic rings. The maximum atomic E-state index is 7.19. The van der Waals surface area contributed by atoms with Crippen LogP contribution in [0, 0.1) is 46.3 Å². The van der Waals surface area contributed by atoms with E-state index in [2.05, 4.69) is 41.5 Å². The van der Waals surface area contributed by atoms with Crippen molar-refractivity contribution in [2.75, 3.05) is 0 Å². The molecule has 4 bridgehead atoms. The minimum Gasteiger partial charge on any atom is -0.195 e. The predicted octanol–water partition coefficient (Wildman–Crippen LogP) is 6.36. The molecule has 0 heterocycles. The highest BCUT2D eigenvalue weighted by molar-refractivity contribution is 7.08. The van der Waals surface area contributed by atoms with Crippen LogP contribution in [0.3, 0.4) is 0 Å². The lowest BCUT2D eigenvalue weighted by atomic mass is 9.30. The Kier molecular flexibility index (Phi) is 3.39. The monoisotopic (exact) mass is 320 g/mol. The van der Waals surface area contributed by atoms with Gasteiger partial charge in [-0.2, -0.15) is 11.5 Å². The fourth-order valence-electron chi connectivity index (χ4n) is 7.54. The van der Waals surface area contributed by atoms with Crippen molar-refractivity contribution < 1.29 is 0 Å². The van der Waals surface area contributed by atoms with Gasteiger partial charge in [0.15, 0.2) is 0 Å². The summed E-state index contributed by atoms with van der Waals surface area (Å²) < 4.78 is 0. The standard InChI is InChI=1S/C20H34BCl/c1-11-15-7-13(19(15,3)4)9-17(11)21(22)18-10-14-8-16(12(18)2)20(14,5)6/h11-18H,7-10H2,1-6H3/t11-,12-,13+,14+,15-,16+,17+,18+/m0/s1. The fourth-order valence-corrected chi connectivity index (χ4v) is 8.20. The average molecular weight is 321 g/mol. The first kappa shape index (κ1) is 15.9. The van der Waals surface area contributed by atoms with Crippen LogP contribution in [0.15, 0.2) is 0 Å². The van der Waals surface area contributed by atoms with Gasteiger partial charge < -0.3 is 0 Å². The Bertz CT molecular complexity index is 428. The van der Waals surface area contributed by atoms with E-state index in [4.69, 9.17) is 11.5 Å². The Morgan fingerprint density at radius 2 is 1.09 bits per heavy atom. The third-order valence-corrected chi connectivity index (χ3v) is 10.3. The van der Waals surface area contributed by atoms with Crippen LogP contribution in [-0.2, 0) is 0 Å². The highest BCUT2D eigenvalue weighted by Gasteiger charge is 2.62. The molecule has 8 atom stereocenters. The van der Waals surface area contributed by atoms with Gasteiger partial charge in [0.05, 0.1) is 0 Å². The van der Waals surface area contributed by atoms with Crippen LogP contribution >= 0.6 is 11.5 Å². The Morgan fingerprint density at radius 3 is 1.36 bits per heavy atom. The number of rotatable bonds is 2. The molecule has 0 nitrogen and oxygen atoms in total. The number of hydrogen-bond acceptors (Lipinski definition) is 0. The summed E-state index contributed by atoms with van der Waals surface area (Å²) in [5.41, 5.74) is 1.18. The molecule has 0 N–H and O–H groups in total. The zero-order valence-electron chi connectivity index (χ0n) is 15.4. The Balaban J connectivity index is 1.49. The van der Waals surface area contributed by atoms with Crippen LogP contribution in [0.25, 0.3) is 0 Å². The average Bonchev–Trinajstić information content (AvgIpc) is 2.45. The SMILES string of the molecule is C[C@@H]1[C@H](B(Cl)[C@@H]2C[C@H]3C[C@H]([C@@H]2C)C3(C)C)C[C@H]2C[C@@H]1C2(C)C. The van der Waals surface area contributed by atoms with E-state index >= 15 is 0 Å². The van der Waals surface area contributed by atoms with Crippen molar-refractivity contribution in [3.8, 4) is 0 Å². The summed E-state index contributed by atoms with van der Waals surface area (Å²) in [5, 5.41) is 0. The van der Waals surface area contributed by atoms with E-state index in [1.165, 1.54) is 25.7 Å². The van der Waals surface area contributed by atoms with Crippen molar-refractivity contribution in [1.29, 1.82) is 0 Å². The van der Waals surface area contributed by atoms with E-state index in [-0.39, 0.29) is 0 Å². The van der Waals surface area contributed by atoms with Gasteiger partial charge in [-0.3, -0.25) is 0 Å². The molecule has 0 saturated heterocycles. The molecule has 6 fully saturated rings. The second-order valence-electron chi connectivity index (χ2n) is 10.7. The van der Waals surface area contributed by atoms with E-state index in [1.807, 2.05) is 0 Å². The second kappa shape index (κ2) is 4.71. The van der Waals surface area contributed by atoms with Crippen molar-refractivity contribution in [1.82, 2.24) is 0 Å². The minimum absolute atomic E-state index is 0.438. The lowest BCUT2D eigenvalue weighted by molar-refractivity contribution is -0.106. The third-order valence-electron chi connectivity index (χ3n) is 9.64. The van der Waals surface area contributed by atoms with Crippen LogP contribution < -0.4 is 0 Å². The molecule has 2 heteroatoms. The molecule has 0 aromatic heterocycles. The summed E-state index contributed by atoms with van der Waals surface area (Å²) in [7, 11) is 0. The van der Waals surface area contributed by atoms with E-state index in [9.17, 15) is 0 Å². The van der Waals surface area contributed by atoms with Gasteiger partial charge >= 0.3 is 0 Å². The maximum absolute atomic E-state index is 7.19. The molecule has 0 aliphatic heterocycles. The van der Waals surface area contributed by atoms with Gasteiger partial charge in [0.1, 0.15) is 0 Å². The molecule has 124 valence electrons. The number of fused-ring (bicyclic) bond motifs is 4. The van der Waals surface area contributed by atoms with Gasteiger partial charge in [0.2, 0.25) is 0 Å². The Hall–Kier alpha value is 0.355. The molecule has 22 heavy (non-hydrogen) atoms. The van der Waals surface area contributed by atoms with Gasteiger partial charge in [0, 0.05) is 0 Å². The second-order valence-corrected chi connectivity index (χ2v) is 11.2. The first-order valence-electron chi connectivity index (χ1n) is 9.79. The molecule has 0 amide bonds. The van der Waals surface area contributed by atoms with E-state index in [1.54, 1.807) is 0 Å². The van der Waals surface area contributed by atoms with Crippen LogP contribution in [0.4, 0.5) is 0 Å². The molecule has 6 saturated carbocycles. The van der Waals surface area contributed by atoms with E-state index in [0.717, 1.165) is 47.1 Å². The van der Waals surface area contributed by atoms with Gasteiger partial charge in [-0.1, -0.05) is 54.4 Å². The topological polar surface area (TPSA) is 0 Å². The maximum Gasteiger partial charge on any atom is 0.257 e. The first-order valence-corrected chi connectivity index (χ1v) is 10.2. The number of hydrogen-bond donors (Lipinski definition) is 0. The fraction of sp³-hybridized carbons (Fsp3) is 1.00. The predicted molar refractivity (Wildman–Crippen MR) is 97.4 cm³/mol. The Labute approximate surface area is 143 Å². The lowest BCUT2D eigenvalue weighted by Gasteiger charge is -2.65. The molecule has 0 spiro atoms. The molecule has 0 unspecified atom stereocenters. The van der Waals surface area contributed by atoms with Crippen molar-refractivity contribution in [3.63, 3.8) is 0 Å².